The van der Waals surface area contributed by atoms with Gasteiger partial charge in [-0.3, -0.25) is 0 Å². The fraction of sp³-hybridized carbons (Fsp3) is 0.444. The Morgan fingerprint density at radius 3 is 3.08 bits per heavy atom. The van der Waals surface area contributed by atoms with Gasteiger partial charge in [-0.05, 0) is 0 Å². The lowest BCUT2D eigenvalue weighted by molar-refractivity contribution is 0.561. The molecule has 2 heterocycles. The van der Waals surface area contributed by atoms with Crippen molar-refractivity contribution in [3.05, 3.63) is 24.3 Å². The molecule has 0 N–H and O–H groups in total. The van der Waals surface area contributed by atoms with Gasteiger partial charge in [0, 0.05) is 23.9 Å². The Bertz CT molecular complexity index is 645. The highest BCUT2D eigenvalue weighted by Crippen LogP contribution is 2.18. The summed E-state index contributed by atoms with van der Waals surface area (Å²) in [5.41, 5.74) is -3.82. The molecular formula is C9H12N4. The molecule has 0 spiro atoms. The smallest absolute Gasteiger partial charge is 0.218 e. The Labute approximate surface area is 89.3 Å². The van der Waals surface area contributed by atoms with Crippen LogP contribution in [0.2, 0.25) is 0 Å². The van der Waals surface area contributed by atoms with Gasteiger partial charge in [0.25, 0.3) is 5.78 Å². The standard InChI is InChI=1S/C9H12N4/c1-9(2,3)7-6-11-13-5-4-10-8(13)12-7/h4-6H,1-3H3/i1D3,2D3,3D3. The van der Waals surface area contributed by atoms with Crippen molar-refractivity contribution in [2.45, 2.75) is 26.0 Å². The molecule has 0 unspecified atom stereocenters. The molecule has 0 bridgehead atoms. The third-order valence-corrected chi connectivity index (χ3v) is 1.51. The van der Waals surface area contributed by atoms with Gasteiger partial charge in [0.05, 0.1) is 18.1 Å². The first-order chi connectivity index (χ1) is 9.82. The zero-order valence-electron chi connectivity index (χ0n) is 15.5. The summed E-state index contributed by atoms with van der Waals surface area (Å²) >= 11 is 0. The number of aromatic nitrogens is 4. The molecule has 0 aromatic carbocycles. The number of nitrogens with zero attached hydrogens (tertiary/aromatic N) is 4. The number of rotatable bonds is 0. The molecule has 4 nitrogen and oxygen atoms in total. The lowest BCUT2D eigenvalue weighted by Gasteiger charge is -2.16. The largest absolute Gasteiger partial charge is 0.250 e. The van der Waals surface area contributed by atoms with Crippen LogP contribution < -0.4 is 0 Å². The molecule has 0 aliphatic heterocycles. The molecule has 0 atom stereocenters. The van der Waals surface area contributed by atoms with Crippen molar-refractivity contribution in [1.82, 2.24) is 19.6 Å². The average molecular weight is 185 g/mol. The van der Waals surface area contributed by atoms with Crippen LogP contribution in [-0.4, -0.2) is 19.6 Å². The Hall–Kier alpha value is -1.45. The Morgan fingerprint density at radius 1 is 1.46 bits per heavy atom. The highest BCUT2D eigenvalue weighted by Gasteiger charge is 2.16. The van der Waals surface area contributed by atoms with E-state index in [2.05, 4.69) is 15.1 Å². The van der Waals surface area contributed by atoms with Crippen LogP contribution in [0.5, 0.6) is 0 Å². The van der Waals surface area contributed by atoms with Crippen LogP contribution in [0.3, 0.4) is 0 Å². The number of fused-ring (bicyclic) bond motifs is 1. The van der Waals surface area contributed by atoms with Crippen molar-refractivity contribution in [2.75, 3.05) is 0 Å². The van der Waals surface area contributed by atoms with Gasteiger partial charge in [-0.1, -0.05) is 20.6 Å². The van der Waals surface area contributed by atoms with E-state index >= 15 is 0 Å². The fourth-order valence-electron chi connectivity index (χ4n) is 0.893. The SMILES string of the molecule is [2H]C([2H])([2H])C(c1cnn2ccnc2n1)(C([2H])([2H])[2H])C([2H])([2H])[2H]. The van der Waals surface area contributed by atoms with E-state index in [0.717, 1.165) is 6.20 Å². The highest BCUT2D eigenvalue weighted by atomic mass is 15.3. The van der Waals surface area contributed by atoms with Crippen molar-refractivity contribution in [3.8, 4) is 0 Å². The maximum Gasteiger partial charge on any atom is 0.250 e. The Balaban J connectivity index is 2.88. The van der Waals surface area contributed by atoms with Crippen LogP contribution in [0.4, 0.5) is 0 Å². The summed E-state index contributed by atoms with van der Waals surface area (Å²) in [5.74, 6) is -0.0837. The first-order valence-electron chi connectivity index (χ1n) is 7.99. The van der Waals surface area contributed by atoms with Crippen LogP contribution >= 0.6 is 0 Å². The molecule has 0 aliphatic rings. The van der Waals surface area contributed by atoms with E-state index in [-0.39, 0.29) is 5.78 Å². The van der Waals surface area contributed by atoms with E-state index in [0.29, 0.717) is 0 Å². The monoisotopic (exact) mass is 185 g/mol. The Kier molecular flexibility index (Phi) is 0.536. The van der Waals surface area contributed by atoms with E-state index in [1.54, 1.807) is 0 Å². The lowest BCUT2D eigenvalue weighted by Crippen LogP contribution is -2.15. The molecule has 13 heavy (non-hydrogen) atoms. The quantitative estimate of drug-likeness (QED) is 0.623. The lowest BCUT2D eigenvalue weighted by atomic mass is 9.93. The van der Waals surface area contributed by atoms with Crippen LogP contribution in [0.25, 0.3) is 5.78 Å². The molecule has 2 aromatic heterocycles. The molecule has 0 saturated heterocycles. The molecule has 68 valence electrons. The first-order valence-corrected chi connectivity index (χ1v) is 3.49. The molecule has 0 aliphatic carbocycles. The second-order valence-electron chi connectivity index (χ2n) is 2.56. The summed E-state index contributed by atoms with van der Waals surface area (Å²) in [4.78, 5) is 7.59. The highest BCUT2D eigenvalue weighted by molar-refractivity contribution is 5.27. The van der Waals surface area contributed by atoms with E-state index in [1.165, 1.54) is 16.9 Å². The molecular weight excluding hydrogens is 164 g/mol. The van der Waals surface area contributed by atoms with Gasteiger partial charge >= 0.3 is 0 Å². The summed E-state index contributed by atoms with van der Waals surface area (Å²) < 4.78 is 69.4. The van der Waals surface area contributed by atoms with Crippen molar-refractivity contribution in [3.63, 3.8) is 0 Å². The fourth-order valence-corrected chi connectivity index (χ4v) is 0.893. The Morgan fingerprint density at radius 2 is 2.31 bits per heavy atom. The minimum atomic E-state index is -3.36. The number of hydrogen-bond acceptors (Lipinski definition) is 3. The average Bonchev–Trinajstić information content (AvgIpc) is 2.70. The van der Waals surface area contributed by atoms with Gasteiger partial charge in [-0.15, -0.1) is 0 Å². The minimum Gasteiger partial charge on any atom is -0.218 e. The van der Waals surface area contributed by atoms with Crippen LogP contribution in [-0.2, 0) is 5.41 Å². The molecule has 0 radical (unpaired) electrons. The van der Waals surface area contributed by atoms with Crippen LogP contribution in [0, 0.1) is 0 Å². The zero-order chi connectivity index (χ0) is 17.0. The van der Waals surface area contributed by atoms with E-state index in [1.807, 2.05) is 0 Å². The van der Waals surface area contributed by atoms with E-state index in [9.17, 15) is 0 Å². The van der Waals surface area contributed by atoms with Gasteiger partial charge in [0.1, 0.15) is 0 Å². The van der Waals surface area contributed by atoms with E-state index < -0.39 is 31.7 Å². The third-order valence-electron chi connectivity index (χ3n) is 1.51. The number of hydrogen-bond donors (Lipinski definition) is 0. The maximum absolute atomic E-state index is 7.58. The third kappa shape index (κ3) is 1.39. The molecule has 4 heteroatoms. The summed E-state index contributed by atoms with van der Waals surface area (Å²) in [6, 6.07) is 0. The summed E-state index contributed by atoms with van der Waals surface area (Å²) in [6.45, 7) is -10.1. The molecule has 2 aromatic rings. The summed E-state index contributed by atoms with van der Waals surface area (Å²) in [7, 11) is 0. The van der Waals surface area contributed by atoms with Gasteiger partial charge in [0.15, 0.2) is 0 Å². The van der Waals surface area contributed by atoms with Gasteiger partial charge in [-0.2, -0.15) is 5.10 Å². The van der Waals surface area contributed by atoms with Crippen molar-refractivity contribution in [2.24, 2.45) is 0 Å². The second-order valence-corrected chi connectivity index (χ2v) is 2.56. The number of imidazole rings is 1. The van der Waals surface area contributed by atoms with Gasteiger partial charge in [-0.25, -0.2) is 14.5 Å². The van der Waals surface area contributed by atoms with Crippen molar-refractivity contribution in [1.29, 1.82) is 0 Å². The zero-order valence-corrected chi connectivity index (χ0v) is 6.52. The van der Waals surface area contributed by atoms with Gasteiger partial charge < -0.3 is 0 Å². The predicted molar refractivity (Wildman–Crippen MR) is 49.5 cm³/mol. The van der Waals surface area contributed by atoms with Crippen LogP contribution in [0.15, 0.2) is 18.6 Å². The predicted octanol–water partition coefficient (Wildman–Crippen LogP) is 1.42. The van der Waals surface area contributed by atoms with E-state index in [4.69, 9.17) is 12.3 Å². The minimum absolute atomic E-state index is 0.0837. The topological polar surface area (TPSA) is 43.1 Å². The van der Waals surface area contributed by atoms with Gasteiger partial charge in [0.2, 0.25) is 0 Å². The summed E-state index contributed by atoms with van der Waals surface area (Å²) in [5, 5.41) is 3.79. The summed E-state index contributed by atoms with van der Waals surface area (Å²) in [6.07, 6.45) is 3.58. The normalized spacial score (nSPS) is 25.4. The van der Waals surface area contributed by atoms with Crippen LogP contribution in [0.1, 0.15) is 38.6 Å². The molecule has 0 fully saturated rings. The molecule has 0 saturated carbocycles. The molecule has 2 rings (SSSR count). The first kappa shape index (κ1) is 2.77. The van der Waals surface area contributed by atoms with Crippen molar-refractivity contribution >= 4 is 5.78 Å². The van der Waals surface area contributed by atoms with Crippen molar-refractivity contribution < 1.29 is 12.3 Å². The maximum atomic E-state index is 7.58. The molecule has 0 amide bonds. The second kappa shape index (κ2) is 2.52.